The molecule has 3 rings (SSSR count). The molecule has 0 unspecified atom stereocenters. The number of benzene rings is 1. The predicted molar refractivity (Wildman–Crippen MR) is 118 cm³/mol. The summed E-state index contributed by atoms with van der Waals surface area (Å²) in [6, 6.07) is 6.20. The average molecular weight is 431 g/mol. The van der Waals surface area contributed by atoms with Crippen LogP contribution in [0.5, 0.6) is 0 Å². The van der Waals surface area contributed by atoms with Gasteiger partial charge in [0, 0.05) is 5.69 Å². The molecule has 170 valence electrons. The maximum absolute atomic E-state index is 13.3. The van der Waals surface area contributed by atoms with Crippen LogP contribution in [-0.2, 0) is 25.5 Å². The number of carboxylic acids is 1. The molecule has 0 saturated heterocycles. The molecule has 1 heterocycles. The SMILES string of the molecule is CCOC(=O)[C@H](CCC1CCCCC1)N[C@H]1CCc2ccccc2N(CC(=O)O)C1=O. The summed E-state index contributed by atoms with van der Waals surface area (Å²) < 4.78 is 5.28. The Hall–Kier alpha value is -2.41. The summed E-state index contributed by atoms with van der Waals surface area (Å²) in [6.45, 7) is 1.66. The van der Waals surface area contributed by atoms with Crippen LogP contribution in [0.25, 0.3) is 0 Å². The number of hydrogen-bond acceptors (Lipinski definition) is 5. The first kappa shape index (κ1) is 23.3. The summed E-state index contributed by atoms with van der Waals surface area (Å²) in [5.41, 5.74) is 1.57. The second-order valence-corrected chi connectivity index (χ2v) is 8.59. The van der Waals surface area contributed by atoms with Crippen molar-refractivity contribution in [3.63, 3.8) is 0 Å². The van der Waals surface area contributed by atoms with Crippen LogP contribution in [0.4, 0.5) is 5.69 Å². The molecule has 0 radical (unpaired) electrons. The van der Waals surface area contributed by atoms with Gasteiger partial charge >= 0.3 is 11.9 Å². The van der Waals surface area contributed by atoms with E-state index in [1.165, 1.54) is 37.0 Å². The fraction of sp³-hybridized carbons (Fsp3) is 0.625. The molecule has 0 aromatic heterocycles. The lowest BCUT2D eigenvalue weighted by molar-refractivity contribution is -0.146. The lowest BCUT2D eigenvalue weighted by Crippen LogP contribution is -2.53. The van der Waals surface area contributed by atoms with Crippen LogP contribution in [0.1, 0.15) is 63.9 Å². The zero-order chi connectivity index (χ0) is 22.2. The summed E-state index contributed by atoms with van der Waals surface area (Å²) in [7, 11) is 0. The van der Waals surface area contributed by atoms with Gasteiger partial charge in [-0.2, -0.15) is 0 Å². The first-order chi connectivity index (χ1) is 15.0. The van der Waals surface area contributed by atoms with Gasteiger partial charge in [0.25, 0.3) is 0 Å². The standard InChI is InChI=1S/C24H34N2O5/c1-2-31-24(30)20(14-12-17-8-4-3-5-9-17)25-19-15-13-18-10-6-7-11-21(18)26(23(19)29)16-22(27)28/h6-7,10-11,17,19-20,25H,2-5,8-9,12-16H2,1H3,(H,27,28)/t19-,20-/m0/s1. The van der Waals surface area contributed by atoms with Gasteiger partial charge < -0.3 is 9.84 Å². The van der Waals surface area contributed by atoms with E-state index in [2.05, 4.69) is 5.32 Å². The number of para-hydroxylation sites is 1. The Morgan fingerprint density at radius 2 is 1.94 bits per heavy atom. The highest BCUT2D eigenvalue weighted by Gasteiger charge is 2.34. The smallest absolute Gasteiger partial charge is 0.323 e. The molecule has 1 aliphatic heterocycles. The van der Waals surface area contributed by atoms with Gasteiger partial charge in [-0.05, 0) is 50.2 Å². The maximum Gasteiger partial charge on any atom is 0.323 e. The van der Waals surface area contributed by atoms with E-state index in [-0.39, 0.29) is 18.5 Å². The lowest BCUT2D eigenvalue weighted by Gasteiger charge is -2.28. The highest BCUT2D eigenvalue weighted by atomic mass is 16.5. The number of nitrogens with one attached hydrogen (secondary N) is 1. The van der Waals surface area contributed by atoms with E-state index >= 15 is 0 Å². The zero-order valence-electron chi connectivity index (χ0n) is 18.3. The number of ether oxygens (including phenoxy) is 1. The maximum atomic E-state index is 13.3. The summed E-state index contributed by atoms with van der Waals surface area (Å²) in [5.74, 6) is -1.09. The molecule has 7 nitrogen and oxygen atoms in total. The van der Waals surface area contributed by atoms with Crippen molar-refractivity contribution in [1.82, 2.24) is 5.32 Å². The number of amides is 1. The number of aliphatic carboxylic acids is 1. The van der Waals surface area contributed by atoms with Crippen molar-refractivity contribution < 1.29 is 24.2 Å². The molecule has 1 fully saturated rings. The summed E-state index contributed by atoms with van der Waals surface area (Å²) in [5, 5.41) is 12.6. The summed E-state index contributed by atoms with van der Waals surface area (Å²) in [6.07, 6.45) is 8.85. The fourth-order valence-electron chi connectivity index (χ4n) is 4.80. The number of rotatable bonds is 9. The predicted octanol–water partition coefficient (Wildman–Crippen LogP) is 3.30. The highest BCUT2D eigenvalue weighted by molar-refractivity contribution is 6.02. The van der Waals surface area contributed by atoms with Gasteiger partial charge in [0.2, 0.25) is 5.91 Å². The third kappa shape index (κ3) is 6.29. The van der Waals surface area contributed by atoms with Crippen molar-refractivity contribution in [2.75, 3.05) is 18.1 Å². The van der Waals surface area contributed by atoms with E-state index < -0.39 is 24.6 Å². The van der Waals surface area contributed by atoms with E-state index in [1.807, 2.05) is 12.1 Å². The molecule has 2 N–H and O–H groups in total. The molecular formula is C24H34N2O5. The van der Waals surface area contributed by atoms with E-state index in [0.717, 1.165) is 12.0 Å². The van der Waals surface area contributed by atoms with Crippen LogP contribution in [0.3, 0.4) is 0 Å². The van der Waals surface area contributed by atoms with Crippen LogP contribution >= 0.6 is 0 Å². The molecular weight excluding hydrogens is 396 g/mol. The van der Waals surface area contributed by atoms with Crippen LogP contribution in [0.2, 0.25) is 0 Å². The van der Waals surface area contributed by atoms with Gasteiger partial charge in [-0.15, -0.1) is 0 Å². The van der Waals surface area contributed by atoms with Crippen molar-refractivity contribution in [1.29, 1.82) is 0 Å². The highest BCUT2D eigenvalue weighted by Crippen LogP contribution is 2.29. The van der Waals surface area contributed by atoms with Crippen LogP contribution < -0.4 is 10.2 Å². The Morgan fingerprint density at radius 3 is 2.65 bits per heavy atom. The molecule has 1 aliphatic carbocycles. The third-order valence-electron chi connectivity index (χ3n) is 6.40. The lowest BCUT2D eigenvalue weighted by atomic mass is 9.85. The molecule has 2 aliphatic rings. The van der Waals surface area contributed by atoms with Crippen molar-refractivity contribution in [3.8, 4) is 0 Å². The van der Waals surface area contributed by atoms with Crippen LogP contribution in [-0.4, -0.2) is 48.2 Å². The Kier molecular flexibility index (Phi) is 8.46. The first-order valence-corrected chi connectivity index (χ1v) is 11.5. The number of aryl methyl sites for hydroxylation is 1. The van der Waals surface area contributed by atoms with Crippen LogP contribution in [0.15, 0.2) is 24.3 Å². The molecule has 1 amide bonds. The molecule has 0 spiro atoms. The van der Waals surface area contributed by atoms with Gasteiger partial charge in [0.05, 0.1) is 12.6 Å². The van der Waals surface area contributed by atoms with E-state index in [1.54, 1.807) is 19.1 Å². The number of esters is 1. The molecule has 7 heteroatoms. The van der Waals surface area contributed by atoms with E-state index in [4.69, 9.17) is 4.74 Å². The number of fused-ring (bicyclic) bond motifs is 1. The minimum atomic E-state index is -1.07. The van der Waals surface area contributed by atoms with Crippen LogP contribution in [0, 0.1) is 5.92 Å². The Morgan fingerprint density at radius 1 is 1.19 bits per heavy atom. The number of carboxylic acid groups (broad SMARTS) is 1. The fourth-order valence-corrected chi connectivity index (χ4v) is 4.80. The number of anilines is 1. The minimum Gasteiger partial charge on any atom is -0.480 e. The van der Waals surface area contributed by atoms with Gasteiger partial charge in [-0.3, -0.25) is 24.6 Å². The van der Waals surface area contributed by atoms with E-state index in [0.29, 0.717) is 30.9 Å². The number of nitrogens with zero attached hydrogens (tertiary/aromatic N) is 1. The molecule has 0 bridgehead atoms. The largest absolute Gasteiger partial charge is 0.480 e. The van der Waals surface area contributed by atoms with Gasteiger partial charge in [0.15, 0.2) is 0 Å². The quantitative estimate of drug-likeness (QED) is 0.584. The van der Waals surface area contributed by atoms with Gasteiger partial charge in [-0.1, -0.05) is 50.3 Å². The Balaban J connectivity index is 1.74. The number of carbonyl (C=O) groups is 3. The molecule has 1 aromatic carbocycles. The van der Waals surface area contributed by atoms with Gasteiger partial charge in [-0.25, -0.2) is 0 Å². The van der Waals surface area contributed by atoms with E-state index in [9.17, 15) is 19.5 Å². The van der Waals surface area contributed by atoms with Crippen molar-refractivity contribution >= 4 is 23.5 Å². The topological polar surface area (TPSA) is 95.9 Å². The van der Waals surface area contributed by atoms with Crippen molar-refractivity contribution in [2.24, 2.45) is 5.92 Å². The summed E-state index contributed by atoms with van der Waals surface area (Å²) in [4.78, 5) is 38.7. The second-order valence-electron chi connectivity index (χ2n) is 8.59. The second kappa shape index (κ2) is 11.3. The molecule has 1 aromatic rings. The minimum absolute atomic E-state index is 0.287. The first-order valence-electron chi connectivity index (χ1n) is 11.5. The van der Waals surface area contributed by atoms with Crippen molar-refractivity contribution in [3.05, 3.63) is 29.8 Å². The molecule has 1 saturated carbocycles. The monoisotopic (exact) mass is 430 g/mol. The Labute approximate surface area is 184 Å². The number of hydrogen-bond donors (Lipinski definition) is 2. The molecule has 31 heavy (non-hydrogen) atoms. The molecule has 2 atom stereocenters. The average Bonchev–Trinajstić information content (AvgIpc) is 2.89. The third-order valence-corrected chi connectivity index (χ3v) is 6.40. The number of carbonyl (C=O) groups excluding carboxylic acids is 2. The van der Waals surface area contributed by atoms with Gasteiger partial charge in [0.1, 0.15) is 12.6 Å². The zero-order valence-corrected chi connectivity index (χ0v) is 18.3. The van der Waals surface area contributed by atoms with Crippen molar-refractivity contribution in [2.45, 2.75) is 76.8 Å². The normalized spacial score (nSPS) is 20.6. The summed E-state index contributed by atoms with van der Waals surface area (Å²) >= 11 is 0. The Bertz CT molecular complexity index is 775.